The fraction of sp³-hybridized carbons (Fsp3) is 0.714. The molecule has 5 nitrogen and oxygen atoms in total. The van der Waals surface area contributed by atoms with Crippen LogP contribution in [0.15, 0.2) is 17.2 Å². The van der Waals surface area contributed by atoms with Gasteiger partial charge in [-0.25, -0.2) is 12.7 Å². The molecule has 2 aliphatic carbocycles. The molecule has 1 aromatic rings. The normalized spacial score (nSPS) is 19.8. The molecule has 6 heteroatoms. The van der Waals surface area contributed by atoms with E-state index in [4.69, 9.17) is 0 Å². The first kappa shape index (κ1) is 14.1. The highest BCUT2D eigenvalue weighted by Crippen LogP contribution is 2.38. The molecule has 0 bridgehead atoms. The van der Waals surface area contributed by atoms with Gasteiger partial charge in [-0.3, -0.25) is 0 Å². The molecule has 2 fully saturated rings. The second-order valence-corrected chi connectivity index (χ2v) is 8.11. The molecule has 112 valence electrons. The Kier molecular flexibility index (Phi) is 3.64. The summed E-state index contributed by atoms with van der Waals surface area (Å²) in [5.74, 6) is 0.567. The minimum absolute atomic E-state index is 0.442. The van der Waals surface area contributed by atoms with Crippen LogP contribution >= 0.6 is 0 Å². The van der Waals surface area contributed by atoms with E-state index in [-0.39, 0.29) is 0 Å². The van der Waals surface area contributed by atoms with E-state index >= 15 is 0 Å². The monoisotopic (exact) mass is 297 g/mol. The van der Waals surface area contributed by atoms with Crippen LogP contribution in [0.3, 0.4) is 0 Å². The van der Waals surface area contributed by atoms with Crippen LogP contribution in [0.5, 0.6) is 0 Å². The Morgan fingerprint density at radius 3 is 2.60 bits per heavy atom. The second-order valence-electron chi connectivity index (χ2n) is 6.06. The van der Waals surface area contributed by atoms with Gasteiger partial charge in [-0.15, -0.1) is 0 Å². The van der Waals surface area contributed by atoms with E-state index < -0.39 is 10.0 Å². The van der Waals surface area contributed by atoms with Gasteiger partial charge in [0, 0.05) is 38.1 Å². The number of hydrogen-bond donors (Lipinski definition) is 1. The molecule has 1 aromatic heterocycles. The molecule has 0 saturated heterocycles. The van der Waals surface area contributed by atoms with Crippen molar-refractivity contribution >= 4 is 10.0 Å². The molecular formula is C14H23N3O2S. The zero-order chi connectivity index (χ0) is 14.3. The number of aromatic nitrogens is 1. The Hall–Kier alpha value is -0.850. The number of sulfonamides is 1. The molecule has 0 aliphatic heterocycles. The van der Waals surface area contributed by atoms with E-state index in [0.717, 1.165) is 31.4 Å². The summed E-state index contributed by atoms with van der Waals surface area (Å²) in [5, 5.41) is 3.11. The summed E-state index contributed by atoms with van der Waals surface area (Å²) in [4.78, 5) is 0.442. The van der Waals surface area contributed by atoms with Gasteiger partial charge >= 0.3 is 0 Å². The Morgan fingerprint density at radius 2 is 2.05 bits per heavy atom. The van der Waals surface area contributed by atoms with Crippen LogP contribution in [0.25, 0.3) is 0 Å². The Bertz CT molecular complexity index is 586. The lowest BCUT2D eigenvalue weighted by atomic mass is 10.4. The van der Waals surface area contributed by atoms with E-state index in [1.54, 1.807) is 7.05 Å². The summed E-state index contributed by atoms with van der Waals surface area (Å²) in [6, 6.07) is 2.32. The van der Waals surface area contributed by atoms with E-state index in [1.807, 2.05) is 19.3 Å². The lowest BCUT2D eigenvalue weighted by Crippen LogP contribution is -2.28. The van der Waals surface area contributed by atoms with Crippen LogP contribution in [-0.2, 0) is 16.6 Å². The molecule has 0 unspecified atom stereocenters. The van der Waals surface area contributed by atoms with Crippen LogP contribution in [-0.4, -0.2) is 37.9 Å². The largest absolute Gasteiger partial charge is 0.346 e. The van der Waals surface area contributed by atoms with Crippen LogP contribution in [0.2, 0.25) is 0 Å². The van der Waals surface area contributed by atoms with Gasteiger partial charge in [0.1, 0.15) is 4.90 Å². The van der Waals surface area contributed by atoms with Crippen LogP contribution in [0.1, 0.15) is 37.4 Å². The van der Waals surface area contributed by atoms with Crippen molar-refractivity contribution in [2.45, 2.75) is 43.2 Å². The van der Waals surface area contributed by atoms with Crippen LogP contribution in [0, 0.1) is 5.92 Å². The van der Waals surface area contributed by atoms with Gasteiger partial charge in [0.05, 0.1) is 0 Å². The molecule has 0 spiro atoms. The maximum absolute atomic E-state index is 12.6. The smallest absolute Gasteiger partial charge is 0.244 e. The molecule has 1 heterocycles. The molecule has 3 rings (SSSR count). The average Bonchev–Trinajstić information content (AvgIpc) is 3.31. The molecule has 0 amide bonds. The molecule has 0 atom stereocenters. The summed E-state index contributed by atoms with van der Waals surface area (Å²) >= 11 is 0. The maximum Gasteiger partial charge on any atom is 0.244 e. The molecule has 0 radical (unpaired) electrons. The third-order valence-electron chi connectivity index (χ3n) is 4.13. The topological polar surface area (TPSA) is 54.3 Å². The summed E-state index contributed by atoms with van der Waals surface area (Å²) in [7, 11) is 0.246. The predicted molar refractivity (Wildman–Crippen MR) is 78.0 cm³/mol. The molecule has 20 heavy (non-hydrogen) atoms. The van der Waals surface area contributed by atoms with E-state index in [2.05, 4.69) is 9.88 Å². The Morgan fingerprint density at radius 1 is 1.35 bits per heavy atom. The lowest BCUT2D eigenvalue weighted by molar-refractivity contribution is 0.452. The highest BCUT2D eigenvalue weighted by atomic mass is 32.2. The van der Waals surface area contributed by atoms with E-state index in [9.17, 15) is 8.42 Å². The standard InChI is InChI=1S/C14H23N3O2S/c1-15-8-13-7-14(10-17(13)12-5-6-12)20(18,19)16(2)9-11-3-4-11/h7,10-12,15H,3-6,8-9H2,1-2H3. The van der Waals surface area contributed by atoms with Crippen molar-refractivity contribution < 1.29 is 8.42 Å². The zero-order valence-corrected chi connectivity index (χ0v) is 13.0. The van der Waals surface area contributed by atoms with Crippen molar-refractivity contribution in [1.29, 1.82) is 0 Å². The lowest BCUT2D eigenvalue weighted by Gasteiger charge is -2.15. The SMILES string of the molecule is CNCc1cc(S(=O)(=O)N(C)CC2CC2)cn1C1CC1. The highest BCUT2D eigenvalue weighted by Gasteiger charge is 2.32. The van der Waals surface area contributed by atoms with Gasteiger partial charge < -0.3 is 9.88 Å². The minimum atomic E-state index is -3.34. The Balaban J connectivity index is 1.85. The average molecular weight is 297 g/mol. The van der Waals surface area contributed by atoms with Gasteiger partial charge in [-0.1, -0.05) is 0 Å². The van der Waals surface area contributed by atoms with Gasteiger partial charge in [-0.05, 0) is 44.7 Å². The molecular weight excluding hydrogens is 274 g/mol. The number of hydrogen-bond acceptors (Lipinski definition) is 3. The van der Waals surface area contributed by atoms with Gasteiger partial charge in [-0.2, -0.15) is 0 Å². The predicted octanol–water partition coefficient (Wildman–Crippen LogP) is 1.57. The third-order valence-corrected chi connectivity index (χ3v) is 5.91. The molecule has 2 saturated carbocycles. The minimum Gasteiger partial charge on any atom is -0.346 e. The summed E-state index contributed by atoms with van der Waals surface area (Å²) < 4.78 is 28.8. The summed E-state index contributed by atoms with van der Waals surface area (Å²) in [5.41, 5.74) is 1.06. The first-order valence-electron chi connectivity index (χ1n) is 7.34. The highest BCUT2D eigenvalue weighted by molar-refractivity contribution is 7.89. The number of rotatable bonds is 7. The van der Waals surface area contributed by atoms with Crippen LogP contribution in [0.4, 0.5) is 0 Å². The van der Waals surface area contributed by atoms with Gasteiger partial charge in [0.15, 0.2) is 0 Å². The third kappa shape index (κ3) is 2.77. The van der Waals surface area contributed by atoms with Crippen molar-refractivity contribution in [3.63, 3.8) is 0 Å². The summed E-state index contributed by atoms with van der Waals surface area (Å²) in [6.07, 6.45) is 6.45. The maximum atomic E-state index is 12.6. The molecule has 0 aromatic carbocycles. The quantitative estimate of drug-likeness (QED) is 0.831. The fourth-order valence-corrected chi connectivity index (χ4v) is 3.89. The zero-order valence-electron chi connectivity index (χ0n) is 12.2. The number of nitrogens with one attached hydrogen (secondary N) is 1. The first-order chi connectivity index (χ1) is 9.52. The van der Waals surface area contributed by atoms with Gasteiger partial charge in [0.2, 0.25) is 10.0 Å². The van der Waals surface area contributed by atoms with Crippen molar-refractivity contribution in [3.05, 3.63) is 18.0 Å². The van der Waals surface area contributed by atoms with E-state index in [1.165, 1.54) is 4.31 Å². The second kappa shape index (κ2) is 5.16. The van der Waals surface area contributed by atoms with Gasteiger partial charge in [0.25, 0.3) is 0 Å². The van der Waals surface area contributed by atoms with Crippen molar-refractivity contribution in [2.75, 3.05) is 20.6 Å². The number of nitrogens with zero attached hydrogens (tertiary/aromatic N) is 2. The fourth-order valence-electron chi connectivity index (χ4n) is 2.60. The van der Waals surface area contributed by atoms with E-state index in [0.29, 0.717) is 29.9 Å². The molecule has 1 N–H and O–H groups in total. The Labute approximate surface area is 121 Å². The van der Waals surface area contributed by atoms with Crippen molar-refractivity contribution in [2.24, 2.45) is 5.92 Å². The molecule has 2 aliphatic rings. The van der Waals surface area contributed by atoms with Crippen molar-refractivity contribution in [3.8, 4) is 0 Å². The first-order valence-corrected chi connectivity index (χ1v) is 8.78. The summed E-state index contributed by atoms with van der Waals surface area (Å²) in [6.45, 7) is 1.36. The van der Waals surface area contributed by atoms with Crippen molar-refractivity contribution in [1.82, 2.24) is 14.2 Å². The van der Waals surface area contributed by atoms with Crippen LogP contribution < -0.4 is 5.32 Å².